The van der Waals surface area contributed by atoms with Crippen molar-refractivity contribution >= 4 is 11.3 Å². The highest BCUT2D eigenvalue weighted by Crippen LogP contribution is 2.21. The molecule has 1 unspecified atom stereocenters. The van der Waals surface area contributed by atoms with Crippen LogP contribution in [0.1, 0.15) is 22.9 Å². The Balaban J connectivity index is 2.28. The highest BCUT2D eigenvalue weighted by molar-refractivity contribution is 7.07. The first-order valence-electron chi connectivity index (χ1n) is 4.40. The second-order valence-corrected chi connectivity index (χ2v) is 4.00. The molecule has 1 N–H and O–H groups in total. The van der Waals surface area contributed by atoms with Gasteiger partial charge in [-0.1, -0.05) is 6.07 Å². The topological polar surface area (TPSA) is 33.1 Å². The van der Waals surface area contributed by atoms with Crippen LogP contribution in [0.4, 0.5) is 0 Å². The number of aliphatic hydroxyl groups is 1. The summed E-state index contributed by atoms with van der Waals surface area (Å²) in [6.07, 6.45) is 1.17. The van der Waals surface area contributed by atoms with Gasteiger partial charge < -0.3 is 5.11 Å². The van der Waals surface area contributed by atoms with Crippen LogP contribution in [0.25, 0.3) is 0 Å². The maximum absolute atomic E-state index is 9.92. The number of hydrogen-bond acceptors (Lipinski definition) is 3. The van der Waals surface area contributed by atoms with Gasteiger partial charge in [-0.15, -0.1) is 0 Å². The summed E-state index contributed by atoms with van der Waals surface area (Å²) in [5, 5.41) is 13.8. The SMILES string of the molecule is Cc1ccc(C(O)c2ccsc2)nc1. The van der Waals surface area contributed by atoms with E-state index < -0.39 is 6.10 Å². The third-order valence-electron chi connectivity index (χ3n) is 2.07. The summed E-state index contributed by atoms with van der Waals surface area (Å²) in [7, 11) is 0. The zero-order valence-electron chi connectivity index (χ0n) is 7.84. The Labute approximate surface area is 86.9 Å². The van der Waals surface area contributed by atoms with E-state index in [1.54, 1.807) is 17.5 Å². The molecule has 2 rings (SSSR count). The van der Waals surface area contributed by atoms with Gasteiger partial charge in [0.25, 0.3) is 0 Å². The standard InChI is InChI=1S/C11H11NOS/c1-8-2-3-10(12-6-8)11(13)9-4-5-14-7-9/h2-7,11,13H,1H3. The predicted octanol–water partition coefficient (Wildman–Crippen LogP) is 2.53. The van der Waals surface area contributed by atoms with Crippen molar-refractivity contribution in [3.05, 3.63) is 52.0 Å². The lowest BCUT2D eigenvalue weighted by Gasteiger charge is -2.07. The van der Waals surface area contributed by atoms with Crippen molar-refractivity contribution in [1.82, 2.24) is 4.98 Å². The summed E-state index contributed by atoms with van der Waals surface area (Å²) in [6, 6.07) is 5.73. The van der Waals surface area contributed by atoms with E-state index in [0.29, 0.717) is 5.69 Å². The summed E-state index contributed by atoms with van der Waals surface area (Å²) < 4.78 is 0. The average Bonchev–Trinajstić information content (AvgIpc) is 2.71. The van der Waals surface area contributed by atoms with Crippen LogP contribution in [0.5, 0.6) is 0 Å². The molecule has 0 radical (unpaired) electrons. The molecular weight excluding hydrogens is 194 g/mol. The molecule has 72 valence electrons. The van der Waals surface area contributed by atoms with Crippen LogP contribution in [-0.2, 0) is 0 Å². The van der Waals surface area contributed by atoms with E-state index in [1.165, 1.54) is 0 Å². The molecule has 0 fully saturated rings. The number of aliphatic hydroxyl groups excluding tert-OH is 1. The average molecular weight is 205 g/mol. The van der Waals surface area contributed by atoms with E-state index >= 15 is 0 Å². The number of thiophene rings is 1. The molecule has 0 bridgehead atoms. The van der Waals surface area contributed by atoms with Gasteiger partial charge in [0.2, 0.25) is 0 Å². The maximum atomic E-state index is 9.92. The summed E-state index contributed by atoms with van der Waals surface area (Å²) in [6.45, 7) is 1.98. The van der Waals surface area contributed by atoms with Gasteiger partial charge in [0.05, 0.1) is 5.69 Å². The normalized spacial score (nSPS) is 12.7. The number of hydrogen-bond donors (Lipinski definition) is 1. The number of aryl methyl sites for hydroxylation is 1. The minimum absolute atomic E-state index is 0.596. The highest BCUT2D eigenvalue weighted by atomic mass is 32.1. The Hall–Kier alpha value is -1.19. The monoisotopic (exact) mass is 205 g/mol. The molecule has 0 aliphatic carbocycles. The van der Waals surface area contributed by atoms with Crippen molar-refractivity contribution in [2.24, 2.45) is 0 Å². The Kier molecular flexibility index (Phi) is 2.61. The van der Waals surface area contributed by atoms with Gasteiger partial charge in [0, 0.05) is 6.20 Å². The van der Waals surface area contributed by atoms with Crippen LogP contribution >= 0.6 is 11.3 Å². The van der Waals surface area contributed by atoms with Crippen molar-refractivity contribution in [3.63, 3.8) is 0 Å². The molecule has 0 amide bonds. The largest absolute Gasteiger partial charge is 0.382 e. The predicted molar refractivity (Wildman–Crippen MR) is 57.4 cm³/mol. The van der Waals surface area contributed by atoms with Gasteiger partial charge in [-0.05, 0) is 40.9 Å². The van der Waals surface area contributed by atoms with Crippen LogP contribution in [0, 0.1) is 6.92 Å². The molecular formula is C11H11NOS. The molecule has 14 heavy (non-hydrogen) atoms. The fourth-order valence-corrected chi connectivity index (χ4v) is 1.92. The molecule has 3 heteroatoms. The first-order valence-corrected chi connectivity index (χ1v) is 5.34. The summed E-state index contributed by atoms with van der Waals surface area (Å²) in [5.41, 5.74) is 2.71. The molecule has 0 aromatic carbocycles. The number of rotatable bonds is 2. The Morgan fingerprint density at radius 3 is 2.79 bits per heavy atom. The van der Waals surface area contributed by atoms with Crippen molar-refractivity contribution < 1.29 is 5.11 Å². The molecule has 0 aliphatic heterocycles. The van der Waals surface area contributed by atoms with Gasteiger partial charge in [-0.2, -0.15) is 11.3 Å². The molecule has 0 saturated heterocycles. The van der Waals surface area contributed by atoms with Crippen LogP contribution < -0.4 is 0 Å². The number of pyridine rings is 1. The molecule has 2 aromatic heterocycles. The minimum atomic E-state index is -0.596. The first-order chi connectivity index (χ1) is 6.77. The molecule has 2 heterocycles. The van der Waals surface area contributed by atoms with E-state index in [-0.39, 0.29) is 0 Å². The van der Waals surface area contributed by atoms with E-state index in [0.717, 1.165) is 11.1 Å². The molecule has 2 aromatic rings. The van der Waals surface area contributed by atoms with Gasteiger partial charge >= 0.3 is 0 Å². The van der Waals surface area contributed by atoms with E-state index in [9.17, 15) is 5.11 Å². The van der Waals surface area contributed by atoms with Crippen LogP contribution in [0.2, 0.25) is 0 Å². The van der Waals surface area contributed by atoms with E-state index in [4.69, 9.17) is 0 Å². The van der Waals surface area contributed by atoms with Crippen molar-refractivity contribution in [2.75, 3.05) is 0 Å². The van der Waals surface area contributed by atoms with E-state index in [1.807, 2.05) is 35.9 Å². The summed E-state index contributed by atoms with van der Waals surface area (Å²) in [5.74, 6) is 0. The molecule has 0 saturated carbocycles. The van der Waals surface area contributed by atoms with Gasteiger partial charge in [0.15, 0.2) is 0 Å². The van der Waals surface area contributed by atoms with Gasteiger partial charge in [-0.25, -0.2) is 0 Å². The lowest BCUT2D eigenvalue weighted by molar-refractivity contribution is 0.216. The second kappa shape index (κ2) is 3.90. The van der Waals surface area contributed by atoms with Crippen LogP contribution in [0.15, 0.2) is 35.2 Å². The van der Waals surface area contributed by atoms with Gasteiger partial charge in [-0.3, -0.25) is 4.98 Å². The van der Waals surface area contributed by atoms with E-state index in [2.05, 4.69) is 4.98 Å². The summed E-state index contributed by atoms with van der Waals surface area (Å²) in [4.78, 5) is 4.19. The fraction of sp³-hybridized carbons (Fsp3) is 0.182. The molecule has 2 nitrogen and oxygen atoms in total. The second-order valence-electron chi connectivity index (χ2n) is 3.22. The molecule has 0 aliphatic rings. The summed E-state index contributed by atoms with van der Waals surface area (Å²) >= 11 is 1.58. The van der Waals surface area contributed by atoms with Gasteiger partial charge in [0.1, 0.15) is 6.10 Å². The van der Waals surface area contributed by atoms with Crippen molar-refractivity contribution in [1.29, 1.82) is 0 Å². The van der Waals surface area contributed by atoms with Crippen molar-refractivity contribution in [3.8, 4) is 0 Å². The minimum Gasteiger partial charge on any atom is -0.382 e. The third-order valence-corrected chi connectivity index (χ3v) is 2.77. The molecule has 0 spiro atoms. The number of aromatic nitrogens is 1. The van der Waals surface area contributed by atoms with Crippen LogP contribution in [-0.4, -0.2) is 10.1 Å². The quantitative estimate of drug-likeness (QED) is 0.817. The molecule has 1 atom stereocenters. The highest BCUT2D eigenvalue weighted by Gasteiger charge is 2.11. The first kappa shape index (κ1) is 9.37. The zero-order chi connectivity index (χ0) is 9.97. The Morgan fingerprint density at radius 1 is 1.36 bits per heavy atom. The maximum Gasteiger partial charge on any atom is 0.122 e. The zero-order valence-corrected chi connectivity index (χ0v) is 8.66. The third kappa shape index (κ3) is 1.84. The fourth-order valence-electron chi connectivity index (χ4n) is 1.24. The Bertz CT molecular complexity index is 394. The number of nitrogens with zero attached hydrogens (tertiary/aromatic N) is 1. The lowest BCUT2D eigenvalue weighted by atomic mass is 10.1. The lowest BCUT2D eigenvalue weighted by Crippen LogP contribution is -2.00. The van der Waals surface area contributed by atoms with Crippen molar-refractivity contribution in [2.45, 2.75) is 13.0 Å². The van der Waals surface area contributed by atoms with Crippen LogP contribution in [0.3, 0.4) is 0 Å². The smallest absolute Gasteiger partial charge is 0.122 e. The Morgan fingerprint density at radius 2 is 2.21 bits per heavy atom.